The molecule has 0 aromatic carbocycles. The molecule has 6 heteroatoms. The molecule has 2 amide bonds. The van der Waals surface area contributed by atoms with Crippen molar-refractivity contribution in [3.8, 4) is 0 Å². The van der Waals surface area contributed by atoms with Crippen LogP contribution in [0.3, 0.4) is 0 Å². The highest BCUT2D eigenvalue weighted by Gasteiger charge is 2.12. The Hall–Kier alpha value is -1.30. The Morgan fingerprint density at radius 2 is 1.86 bits per heavy atom. The van der Waals surface area contributed by atoms with Gasteiger partial charge in [0.25, 0.3) is 0 Å². The molecule has 0 aromatic heterocycles. The predicted molar refractivity (Wildman–Crippen MR) is 82.2 cm³/mol. The van der Waals surface area contributed by atoms with Gasteiger partial charge in [0.05, 0.1) is 6.10 Å². The Bertz CT molecular complexity index is 308. The van der Waals surface area contributed by atoms with Crippen molar-refractivity contribution in [3.05, 3.63) is 0 Å². The van der Waals surface area contributed by atoms with Crippen LogP contribution in [0.5, 0.6) is 0 Å². The van der Waals surface area contributed by atoms with Crippen LogP contribution >= 0.6 is 0 Å². The number of aliphatic carboxylic acids is 1. The lowest BCUT2D eigenvalue weighted by molar-refractivity contribution is -0.137. The second-order valence-electron chi connectivity index (χ2n) is 5.67. The summed E-state index contributed by atoms with van der Waals surface area (Å²) in [6.07, 6.45) is 3.81. The molecule has 0 aliphatic carbocycles. The molecular weight excluding hydrogens is 272 g/mol. The number of nitrogens with one attached hydrogen (secondary N) is 1. The molecule has 0 bridgehead atoms. The highest BCUT2D eigenvalue weighted by atomic mass is 16.4. The summed E-state index contributed by atoms with van der Waals surface area (Å²) >= 11 is 0. The van der Waals surface area contributed by atoms with Crippen molar-refractivity contribution in [2.24, 2.45) is 5.92 Å². The van der Waals surface area contributed by atoms with Gasteiger partial charge in [-0.15, -0.1) is 0 Å². The Labute approximate surface area is 127 Å². The van der Waals surface area contributed by atoms with Crippen LogP contribution in [0.2, 0.25) is 0 Å². The Morgan fingerprint density at radius 1 is 1.19 bits per heavy atom. The molecule has 0 aliphatic rings. The van der Waals surface area contributed by atoms with Gasteiger partial charge >= 0.3 is 12.0 Å². The topological polar surface area (TPSA) is 89.9 Å². The lowest BCUT2D eigenvalue weighted by Crippen LogP contribution is -2.39. The van der Waals surface area contributed by atoms with E-state index in [4.69, 9.17) is 5.11 Å². The third kappa shape index (κ3) is 11.1. The molecule has 3 N–H and O–H groups in total. The van der Waals surface area contributed by atoms with Crippen molar-refractivity contribution in [2.75, 3.05) is 20.1 Å². The smallest absolute Gasteiger partial charge is 0.317 e. The number of urea groups is 1. The van der Waals surface area contributed by atoms with Gasteiger partial charge in [-0.25, -0.2) is 4.79 Å². The number of carbonyl (C=O) groups excluding carboxylic acids is 1. The lowest BCUT2D eigenvalue weighted by atomic mass is 9.94. The first-order valence-electron chi connectivity index (χ1n) is 7.75. The van der Waals surface area contributed by atoms with E-state index in [0.29, 0.717) is 31.8 Å². The summed E-state index contributed by atoms with van der Waals surface area (Å²) < 4.78 is 0. The van der Waals surface area contributed by atoms with Gasteiger partial charge in [0.1, 0.15) is 0 Å². The molecule has 124 valence electrons. The summed E-state index contributed by atoms with van der Waals surface area (Å²) in [4.78, 5) is 24.0. The highest BCUT2D eigenvalue weighted by molar-refractivity contribution is 5.73. The maximum absolute atomic E-state index is 11.8. The molecule has 0 radical (unpaired) electrons. The molecule has 0 saturated carbocycles. The minimum Gasteiger partial charge on any atom is -0.481 e. The first kappa shape index (κ1) is 19.7. The van der Waals surface area contributed by atoms with Gasteiger partial charge in [-0.2, -0.15) is 0 Å². The SMILES string of the molecule is CCCC(CCNC(=O)N(C)CCC(C)O)CCC(=O)O. The van der Waals surface area contributed by atoms with Gasteiger partial charge in [-0.05, 0) is 32.1 Å². The quantitative estimate of drug-likeness (QED) is 0.545. The summed E-state index contributed by atoms with van der Waals surface area (Å²) in [7, 11) is 1.70. The van der Waals surface area contributed by atoms with Gasteiger partial charge in [0, 0.05) is 26.6 Å². The average molecular weight is 302 g/mol. The number of aliphatic hydroxyl groups is 1. The summed E-state index contributed by atoms with van der Waals surface area (Å²) in [5, 5.41) is 20.8. The molecule has 2 unspecified atom stereocenters. The van der Waals surface area contributed by atoms with Gasteiger partial charge in [0.2, 0.25) is 0 Å². The van der Waals surface area contributed by atoms with Crippen LogP contribution in [-0.4, -0.2) is 53.4 Å². The van der Waals surface area contributed by atoms with Gasteiger partial charge in [-0.3, -0.25) is 4.79 Å². The molecule has 0 fully saturated rings. The largest absolute Gasteiger partial charge is 0.481 e. The number of aliphatic hydroxyl groups excluding tert-OH is 1. The molecule has 0 aliphatic heterocycles. The monoisotopic (exact) mass is 302 g/mol. The van der Waals surface area contributed by atoms with E-state index in [-0.39, 0.29) is 12.5 Å². The van der Waals surface area contributed by atoms with Crippen molar-refractivity contribution < 1.29 is 19.8 Å². The van der Waals surface area contributed by atoms with Crippen LogP contribution in [-0.2, 0) is 4.79 Å². The highest BCUT2D eigenvalue weighted by Crippen LogP contribution is 2.17. The van der Waals surface area contributed by atoms with E-state index in [1.54, 1.807) is 18.9 Å². The third-order valence-corrected chi connectivity index (χ3v) is 3.52. The molecule has 0 aromatic rings. The molecule has 0 saturated heterocycles. The minimum atomic E-state index is -0.766. The fourth-order valence-electron chi connectivity index (χ4n) is 2.17. The number of carboxylic acid groups (broad SMARTS) is 1. The zero-order valence-corrected chi connectivity index (χ0v) is 13.5. The normalized spacial score (nSPS) is 13.5. The van der Waals surface area contributed by atoms with E-state index < -0.39 is 12.1 Å². The number of nitrogens with zero attached hydrogens (tertiary/aromatic N) is 1. The minimum absolute atomic E-state index is 0.149. The fraction of sp³-hybridized carbons (Fsp3) is 0.867. The molecule has 2 atom stereocenters. The second kappa shape index (κ2) is 11.4. The maximum Gasteiger partial charge on any atom is 0.317 e. The molecule has 21 heavy (non-hydrogen) atoms. The summed E-state index contributed by atoms with van der Waals surface area (Å²) in [5.41, 5.74) is 0. The van der Waals surface area contributed by atoms with Crippen LogP contribution in [0.25, 0.3) is 0 Å². The Kier molecular flexibility index (Phi) is 10.7. The van der Waals surface area contributed by atoms with E-state index in [1.165, 1.54) is 0 Å². The van der Waals surface area contributed by atoms with Gasteiger partial charge in [-0.1, -0.05) is 19.8 Å². The van der Waals surface area contributed by atoms with E-state index >= 15 is 0 Å². The number of amides is 2. The summed E-state index contributed by atoms with van der Waals surface area (Å²) in [6, 6.07) is -0.149. The number of carboxylic acids is 1. The van der Waals surface area contributed by atoms with Crippen molar-refractivity contribution in [1.82, 2.24) is 10.2 Å². The van der Waals surface area contributed by atoms with Crippen LogP contribution in [0.4, 0.5) is 4.79 Å². The van der Waals surface area contributed by atoms with Crippen LogP contribution in [0.1, 0.15) is 52.4 Å². The standard InChI is InChI=1S/C15H30N2O4/c1-4-5-13(6-7-14(19)20)8-10-16-15(21)17(3)11-9-12(2)18/h12-13,18H,4-11H2,1-3H3,(H,16,21)(H,19,20). The molecule has 0 rings (SSSR count). The zero-order chi connectivity index (χ0) is 16.3. The van der Waals surface area contributed by atoms with E-state index in [0.717, 1.165) is 19.3 Å². The van der Waals surface area contributed by atoms with E-state index in [2.05, 4.69) is 12.2 Å². The van der Waals surface area contributed by atoms with Crippen LogP contribution < -0.4 is 5.32 Å². The van der Waals surface area contributed by atoms with Crippen LogP contribution in [0.15, 0.2) is 0 Å². The van der Waals surface area contributed by atoms with Crippen LogP contribution in [0, 0.1) is 5.92 Å². The molecule has 0 heterocycles. The molecular formula is C15H30N2O4. The fourth-order valence-corrected chi connectivity index (χ4v) is 2.17. The number of hydrogen-bond donors (Lipinski definition) is 3. The van der Waals surface area contributed by atoms with Gasteiger partial charge in [0.15, 0.2) is 0 Å². The van der Waals surface area contributed by atoms with Crippen molar-refractivity contribution in [2.45, 2.75) is 58.5 Å². The lowest BCUT2D eigenvalue weighted by Gasteiger charge is -2.20. The predicted octanol–water partition coefficient (Wildman–Crippen LogP) is 2.07. The van der Waals surface area contributed by atoms with Crippen molar-refractivity contribution in [1.29, 1.82) is 0 Å². The number of carbonyl (C=O) groups is 2. The molecule has 0 spiro atoms. The Morgan fingerprint density at radius 3 is 2.38 bits per heavy atom. The molecule has 6 nitrogen and oxygen atoms in total. The first-order valence-corrected chi connectivity index (χ1v) is 7.75. The van der Waals surface area contributed by atoms with E-state index in [9.17, 15) is 14.7 Å². The third-order valence-electron chi connectivity index (χ3n) is 3.52. The maximum atomic E-state index is 11.8. The number of hydrogen-bond acceptors (Lipinski definition) is 3. The zero-order valence-electron chi connectivity index (χ0n) is 13.5. The number of rotatable bonds is 11. The van der Waals surface area contributed by atoms with E-state index in [1.807, 2.05) is 0 Å². The van der Waals surface area contributed by atoms with Gasteiger partial charge < -0.3 is 20.4 Å². The summed E-state index contributed by atoms with van der Waals surface area (Å²) in [5.74, 6) is -0.424. The second-order valence-corrected chi connectivity index (χ2v) is 5.67. The van der Waals surface area contributed by atoms with Crippen molar-refractivity contribution in [3.63, 3.8) is 0 Å². The summed E-state index contributed by atoms with van der Waals surface area (Å²) in [6.45, 7) is 4.85. The Balaban J connectivity index is 3.95. The van der Waals surface area contributed by atoms with Crippen molar-refractivity contribution >= 4 is 12.0 Å². The first-order chi connectivity index (χ1) is 9.86. The average Bonchev–Trinajstić information content (AvgIpc) is 2.41.